The fourth-order valence-corrected chi connectivity index (χ4v) is 2.31. The molecular weight excluding hydrogens is 256 g/mol. The summed E-state index contributed by atoms with van der Waals surface area (Å²) in [4.78, 5) is 3.22. The van der Waals surface area contributed by atoms with Gasteiger partial charge in [-0.1, -0.05) is 37.3 Å². The lowest BCUT2D eigenvalue weighted by atomic mass is 10.0. The maximum atomic E-state index is 13.7. The highest BCUT2D eigenvalue weighted by Gasteiger charge is 2.08. The average Bonchev–Trinajstić information content (AvgIpc) is 2.46. The number of fused-ring (bicyclic) bond motifs is 1. The van der Waals surface area contributed by atoms with Crippen LogP contribution in [0.25, 0.3) is 21.9 Å². The van der Waals surface area contributed by atoms with E-state index in [1.807, 2.05) is 24.3 Å². The van der Waals surface area contributed by atoms with Gasteiger partial charge in [-0.05, 0) is 46.5 Å². The molecule has 0 spiro atoms. The second kappa shape index (κ2) is 5.00. The van der Waals surface area contributed by atoms with E-state index in [1.165, 1.54) is 17.7 Å². The van der Waals surface area contributed by atoms with Crippen molar-refractivity contribution in [2.24, 2.45) is 0 Å². The number of hydrogen-bond acceptors (Lipinski definition) is 1. The Kier molecular flexibility index (Phi) is 3.18. The summed E-state index contributed by atoms with van der Waals surface area (Å²) in [5.74, 6) is -1.59. The summed E-state index contributed by atoms with van der Waals surface area (Å²) in [6.07, 6.45) is 0.980. The summed E-state index contributed by atoms with van der Waals surface area (Å²) in [6.45, 7) is 2.11. The van der Waals surface area contributed by atoms with Gasteiger partial charge >= 0.3 is 0 Å². The molecule has 1 nitrogen and oxygen atoms in total. The number of rotatable bonds is 2. The molecule has 0 bridgehead atoms. The van der Waals surface area contributed by atoms with Gasteiger partial charge in [0.2, 0.25) is 11.9 Å². The fourth-order valence-electron chi connectivity index (χ4n) is 2.31. The molecule has 20 heavy (non-hydrogen) atoms. The molecule has 0 saturated heterocycles. The first-order valence-electron chi connectivity index (χ1n) is 6.52. The van der Waals surface area contributed by atoms with Crippen molar-refractivity contribution in [3.8, 4) is 11.1 Å². The second-order valence-electron chi connectivity index (χ2n) is 4.72. The van der Waals surface area contributed by atoms with Gasteiger partial charge in [0.1, 0.15) is 0 Å². The highest BCUT2D eigenvalue weighted by atomic mass is 19.1. The first kappa shape index (κ1) is 12.7. The maximum absolute atomic E-state index is 13.7. The minimum absolute atomic E-state index is 0.313. The van der Waals surface area contributed by atoms with Gasteiger partial charge in [-0.3, -0.25) is 0 Å². The van der Waals surface area contributed by atoms with Gasteiger partial charge < -0.3 is 0 Å². The minimum atomic E-state index is -0.806. The lowest BCUT2D eigenvalue weighted by molar-refractivity contribution is 0.515. The third-order valence-electron chi connectivity index (χ3n) is 3.44. The quantitative estimate of drug-likeness (QED) is 0.612. The van der Waals surface area contributed by atoms with Gasteiger partial charge in [0.15, 0.2) is 0 Å². The highest BCUT2D eigenvalue weighted by molar-refractivity contribution is 5.87. The monoisotopic (exact) mass is 269 g/mol. The third-order valence-corrected chi connectivity index (χ3v) is 3.44. The molecule has 0 radical (unpaired) electrons. The van der Waals surface area contributed by atoms with Crippen molar-refractivity contribution in [1.29, 1.82) is 0 Å². The largest absolute Gasteiger partial charge is 0.223 e. The number of aromatic nitrogens is 1. The van der Waals surface area contributed by atoms with Crippen LogP contribution in [-0.4, -0.2) is 4.98 Å². The van der Waals surface area contributed by atoms with E-state index in [0.29, 0.717) is 11.1 Å². The predicted octanol–water partition coefficient (Wildman–Crippen LogP) is 4.74. The molecular formula is C17H13F2N. The zero-order chi connectivity index (χ0) is 14.1. The Morgan fingerprint density at radius 1 is 0.900 bits per heavy atom. The lowest BCUT2D eigenvalue weighted by Gasteiger charge is -2.06. The molecule has 0 saturated carbocycles. The zero-order valence-corrected chi connectivity index (χ0v) is 11.0. The molecule has 0 unspecified atom stereocenters. The molecule has 3 rings (SSSR count). The zero-order valence-electron chi connectivity index (χ0n) is 11.0. The molecule has 0 aliphatic carbocycles. The SMILES string of the molecule is CCc1ccc2cc(-c3ccc(F)nc3F)ccc2c1. The molecule has 0 fully saturated rings. The van der Waals surface area contributed by atoms with Crippen LogP contribution < -0.4 is 0 Å². The Morgan fingerprint density at radius 3 is 2.40 bits per heavy atom. The first-order valence-corrected chi connectivity index (χ1v) is 6.52. The van der Waals surface area contributed by atoms with Crippen LogP contribution in [0.1, 0.15) is 12.5 Å². The van der Waals surface area contributed by atoms with E-state index < -0.39 is 11.9 Å². The first-order chi connectivity index (χ1) is 9.67. The van der Waals surface area contributed by atoms with Gasteiger partial charge in [-0.15, -0.1) is 0 Å². The van der Waals surface area contributed by atoms with Crippen LogP contribution in [0.3, 0.4) is 0 Å². The Bertz CT molecular complexity index is 781. The van der Waals surface area contributed by atoms with Crippen LogP contribution in [0.4, 0.5) is 8.78 Å². The molecule has 3 aromatic rings. The topological polar surface area (TPSA) is 12.9 Å². The Morgan fingerprint density at radius 2 is 1.65 bits per heavy atom. The van der Waals surface area contributed by atoms with Gasteiger partial charge in [-0.2, -0.15) is 13.8 Å². The van der Waals surface area contributed by atoms with Gasteiger partial charge in [0, 0.05) is 5.56 Å². The van der Waals surface area contributed by atoms with E-state index in [4.69, 9.17) is 0 Å². The van der Waals surface area contributed by atoms with E-state index in [-0.39, 0.29) is 0 Å². The summed E-state index contributed by atoms with van der Waals surface area (Å²) in [5, 5.41) is 2.15. The molecule has 0 N–H and O–H groups in total. The number of halogens is 2. The van der Waals surface area contributed by atoms with Crippen LogP contribution in [-0.2, 0) is 6.42 Å². The standard InChI is InChI=1S/C17H13F2N/c1-2-11-3-4-13-10-14(6-5-12(13)9-11)15-7-8-16(18)20-17(15)19/h3-10H,2H2,1H3. The average molecular weight is 269 g/mol. The van der Waals surface area contributed by atoms with Gasteiger partial charge in [-0.25, -0.2) is 0 Å². The summed E-state index contributed by atoms with van der Waals surface area (Å²) in [7, 11) is 0. The second-order valence-corrected chi connectivity index (χ2v) is 4.72. The smallest absolute Gasteiger partial charge is 0.190 e. The number of benzene rings is 2. The molecule has 3 heteroatoms. The predicted molar refractivity (Wildman–Crippen MR) is 76.5 cm³/mol. The Hall–Kier alpha value is -2.29. The van der Waals surface area contributed by atoms with Crippen LogP contribution >= 0.6 is 0 Å². The van der Waals surface area contributed by atoms with E-state index in [1.54, 1.807) is 0 Å². The van der Waals surface area contributed by atoms with Crippen molar-refractivity contribution in [2.75, 3.05) is 0 Å². The number of nitrogens with zero attached hydrogens (tertiary/aromatic N) is 1. The molecule has 2 aromatic carbocycles. The summed E-state index contributed by atoms with van der Waals surface area (Å²) >= 11 is 0. The van der Waals surface area contributed by atoms with Crippen LogP contribution in [0.15, 0.2) is 48.5 Å². The van der Waals surface area contributed by atoms with Crippen molar-refractivity contribution in [1.82, 2.24) is 4.98 Å². The molecule has 0 aliphatic heterocycles. The van der Waals surface area contributed by atoms with E-state index in [9.17, 15) is 8.78 Å². The van der Waals surface area contributed by atoms with Crippen LogP contribution in [0.5, 0.6) is 0 Å². The van der Waals surface area contributed by atoms with Crippen LogP contribution in [0.2, 0.25) is 0 Å². The lowest BCUT2D eigenvalue weighted by Crippen LogP contribution is -1.92. The number of aryl methyl sites for hydroxylation is 1. The minimum Gasteiger partial charge on any atom is -0.190 e. The molecule has 0 amide bonds. The molecule has 1 aromatic heterocycles. The van der Waals surface area contributed by atoms with Crippen molar-refractivity contribution < 1.29 is 8.78 Å². The Balaban J connectivity index is 2.13. The third kappa shape index (κ3) is 2.27. The van der Waals surface area contributed by atoms with Crippen molar-refractivity contribution in [2.45, 2.75) is 13.3 Å². The summed E-state index contributed by atoms with van der Waals surface area (Å²) < 4.78 is 26.6. The summed E-state index contributed by atoms with van der Waals surface area (Å²) in [6, 6.07) is 14.5. The normalized spacial score (nSPS) is 10.9. The molecule has 0 atom stereocenters. The van der Waals surface area contributed by atoms with Crippen molar-refractivity contribution >= 4 is 10.8 Å². The molecule has 0 aliphatic rings. The maximum Gasteiger partial charge on any atom is 0.223 e. The van der Waals surface area contributed by atoms with Crippen molar-refractivity contribution in [3.05, 3.63) is 66.0 Å². The molecule has 1 heterocycles. The van der Waals surface area contributed by atoms with E-state index in [0.717, 1.165) is 17.2 Å². The van der Waals surface area contributed by atoms with E-state index in [2.05, 4.69) is 24.0 Å². The van der Waals surface area contributed by atoms with Crippen molar-refractivity contribution in [3.63, 3.8) is 0 Å². The number of pyridine rings is 1. The van der Waals surface area contributed by atoms with E-state index >= 15 is 0 Å². The molecule has 100 valence electrons. The fraction of sp³-hybridized carbons (Fsp3) is 0.118. The number of hydrogen-bond donors (Lipinski definition) is 0. The van der Waals surface area contributed by atoms with Gasteiger partial charge in [0.25, 0.3) is 0 Å². The highest BCUT2D eigenvalue weighted by Crippen LogP contribution is 2.26. The van der Waals surface area contributed by atoms with Crippen LogP contribution in [0, 0.1) is 11.9 Å². The van der Waals surface area contributed by atoms with Gasteiger partial charge in [0.05, 0.1) is 0 Å². The summed E-state index contributed by atoms with van der Waals surface area (Å²) in [5.41, 5.74) is 2.28. The Labute approximate surface area is 115 Å².